The van der Waals surface area contributed by atoms with Crippen LogP contribution in [0.3, 0.4) is 0 Å². The largest absolute Gasteiger partial charge is 0.317 e. The van der Waals surface area contributed by atoms with Gasteiger partial charge in [-0.2, -0.15) is 0 Å². The van der Waals surface area contributed by atoms with Gasteiger partial charge >= 0.3 is 0 Å². The van der Waals surface area contributed by atoms with Crippen LogP contribution >= 0.6 is 23.2 Å². The zero-order valence-electron chi connectivity index (χ0n) is 12.0. The average molecular weight is 312 g/mol. The predicted octanol–water partition coefficient (Wildman–Crippen LogP) is 4.95. The summed E-state index contributed by atoms with van der Waals surface area (Å²) in [6.07, 6.45) is 8.18. The van der Waals surface area contributed by atoms with Gasteiger partial charge in [0.15, 0.2) is 0 Å². The number of likely N-dealkylation sites (N-methyl/N-ethyl adjacent to an activating group) is 1. The smallest absolute Gasteiger partial charge is 0.0453 e. The third-order valence-electron chi connectivity index (χ3n) is 5.36. The van der Waals surface area contributed by atoms with Gasteiger partial charge in [0.05, 0.1) is 0 Å². The molecule has 3 rings (SSSR count). The van der Waals surface area contributed by atoms with Crippen molar-refractivity contribution < 1.29 is 0 Å². The molecule has 1 N–H and O–H groups in total. The lowest BCUT2D eigenvalue weighted by molar-refractivity contribution is 0.281. The Balaban J connectivity index is 1.62. The van der Waals surface area contributed by atoms with Gasteiger partial charge in [-0.25, -0.2) is 0 Å². The van der Waals surface area contributed by atoms with Crippen LogP contribution in [0, 0.1) is 17.8 Å². The molecule has 0 radical (unpaired) electrons. The molecular formula is C17H23Cl2N. The molecule has 2 saturated carbocycles. The molecule has 2 fully saturated rings. The lowest BCUT2D eigenvalue weighted by Gasteiger charge is -2.27. The quantitative estimate of drug-likeness (QED) is 0.811. The number of hydrogen-bond acceptors (Lipinski definition) is 1. The molecule has 0 amide bonds. The monoisotopic (exact) mass is 311 g/mol. The topological polar surface area (TPSA) is 12.0 Å². The maximum atomic E-state index is 6.30. The molecule has 110 valence electrons. The molecule has 4 atom stereocenters. The molecule has 0 aromatic heterocycles. The molecule has 1 aromatic rings. The lowest BCUT2D eigenvalue weighted by atomic mass is 9.83. The molecule has 3 heteroatoms. The van der Waals surface area contributed by atoms with E-state index in [1.807, 2.05) is 12.1 Å². The van der Waals surface area contributed by atoms with E-state index in [2.05, 4.69) is 18.4 Å². The number of halogens is 2. The second kappa shape index (κ2) is 6.25. The first-order valence-corrected chi connectivity index (χ1v) is 8.52. The standard InChI is InChI=1S/C17H23Cl2N/c1-20-16(8-13-4-5-15(18)10-17(13)19)9-14-7-11-2-3-12(14)6-11/h4-5,10-12,14,16,20H,2-3,6-9H2,1H3. The lowest BCUT2D eigenvalue weighted by Crippen LogP contribution is -2.31. The molecule has 0 spiro atoms. The number of fused-ring (bicyclic) bond motifs is 2. The highest BCUT2D eigenvalue weighted by Crippen LogP contribution is 2.50. The van der Waals surface area contributed by atoms with E-state index in [-0.39, 0.29) is 0 Å². The maximum absolute atomic E-state index is 6.30. The highest BCUT2D eigenvalue weighted by Gasteiger charge is 2.39. The Morgan fingerprint density at radius 2 is 2.10 bits per heavy atom. The summed E-state index contributed by atoms with van der Waals surface area (Å²) in [7, 11) is 2.07. The molecule has 0 saturated heterocycles. The van der Waals surface area contributed by atoms with Crippen LogP contribution < -0.4 is 5.32 Å². The minimum Gasteiger partial charge on any atom is -0.317 e. The normalized spacial score (nSPS) is 29.9. The van der Waals surface area contributed by atoms with Gasteiger partial charge in [0.1, 0.15) is 0 Å². The summed E-state index contributed by atoms with van der Waals surface area (Å²) in [5.41, 5.74) is 1.21. The Bertz CT molecular complexity index is 474. The summed E-state index contributed by atoms with van der Waals surface area (Å²) >= 11 is 12.3. The molecule has 4 unspecified atom stereocenters. The molecule has 2 bridgehead atoms. The second-order valence-electron chi connectivity index (χ2n) is 6.60. The summed E-state index contributed by atoms with van der Waals surface area (Å²) < 4.78 is 0. The van der Waals surface area contributed by atoms with Gasteiger partial charge < -0.3 is 5.32 Å². The van der Waals surface area contributed by atoms with Crippen molar-refractivity contribution in [1.82, 2.24) is 5.32 Å². The fourth-order valence-corrected chi connectivity index (χ4v) is 4.77. The molecule has 1 aromatic carbocycles. The first-order chi connectivity index (χ1) is 9.65. The molecule has 20 heavy (non-hydrogen) atoms. The van der Waals surface area contributed by atoms with E-state index in [4.69, 9.17) is 23.2 Å². The fraction of sp³-hybridized carbons (Fsp3) is 0.647. The van der Waals surface area contributed by atoms with Crippen molar-refractivity contribution in [2.75, 3.05) is 7.05 Å². The Kier molecular flexibility index (Phi) is 4.59. The zero-order chi connectivity index (χ0) is 14.1. The van der Waals surface area contributed by atoms with E-state index in [1.165, 1.54) is 37.7 Å². The average Bonchev–Trinajstić information content (AvgIpc) is 3.03. The number of benzene rings is 1. The van der Waals surface area contributed by atoms with Crippen LogP contribution in [0.5, 0.6) is 0 Å². The van der Waals surface area contributed by atoms with Gasteiger partial charge in [-0.05, 0) is 74.6 Å². The van der Waals surface area contributed by atoms with Crippen molar-refractivity contribution in [2.24, 2.45) is 17.8 Å². The van der Waals surface area contributed by atoms with Gasteiger partial charge in [-0.15, -0.1) is 0 Å². The minimum atomic E-state index is 0.526. The van der Waals surface area contributed by atoms with Gasteiger partial charge in [0.2, 0.25) is 0 Å². The molecule has 2 aliphatic rings. The first kappa shape index (κ1) is 14.7. The van der Waals surface area contributed by atoms with Gasteiger partial charge in [0.25, 0.3) is 0 Å². The summed E-state index contributed by atoms with van der Waals surface area (Å²) in [6, 6.07) is 6.38. The zero-order valence-corrected chi connectivity index (χ0v) is 13.6. The highest BCUT2D eigenvalue weighted by atomic mass is 35.5. The maximum Gasteiger partial charge on any atom is 0.0453 e. The van der Waals surface area contributed by atoms with Gasteiger partial charge in [-0.3, -0.25) is 0 Å². The van der Waals surface area contributed by atoms with Crippen molar-refractivity contribution in [3.63, 3.8) is 0 Å². The summed E-state index contributed by atoms with van der Waals surface area (Å²) in [5.74, 6) is 2.95. The molecule has 2 aliphatic carbocycles. The molecule has 0 heterocycles. The second-order valence-corrected chi connectivity index (χ2v) is 7.44. The van der Waals surface area contributed by atoms with Crippen LogP contribution in [0.4, 0.5) is 0 Å². The van der Waals surface area contributed by atoms with E-state index in [0.29, 0.717) is 11.1 Å². The van der Waals surface area contributed by atoms with Crippen LogP contribution in [0.25, 0.3) is 0 Å². The summed E-state index contributed by atoms with van der Waals surface area (Å²) in [6.45, 7) is 0. The number of hydrogen-bond donors (Lipinski definition) is 1. The number of nitrogens with one attached hydrogen (secondary N) is 1. The summed E-state index contributed by atoms with van der Waals surface area (Å²) in [5, 5.41) is 5.00. The number of rotatable bonds is 5. The Hall–Kier alpha value is -0.240. The van der Waals surface area contributed by atoms with Crippen LogP contribution in [-0.4, -0.2) is 13.1 Å². The predicted molar refractivity (Wildman–Crippen MR) is 86.6 cm³/mol. The molecule has 0 aliphatic heterocycles. The van der Waals surface area contributed by atoms with E-state index in [9.17, 15) is 0 Å². The first-order valence-electron chi connectivity index (χ1n) is 7.77. The van der Waals surface area contributed by atoms with Gasteiger partial charge in [-0.1, -0.05) is 35.7 Å². The summed E-state index contributed by atoms with van der Waals surface area (Å²) in [4.78, 5) is 0. The Labute approximate surface area is 132 Å². The van der Waals surface area contributed by atoms with Crippen molar-refractivity contribution >= 4 is 23.2 Å². The van der Waals surface area contributed by atoms with Crippen molar-refractivity contribution in [1.29, 1.82) is 0 Å². The third-order valence-corrected chi connectivity index (χ3v) is 5.95. The van der Waals surface area contributed by atoms with Crippen LogP contribution in [0.2, 0.25) is 10.0 Å². The van der Waals surface area contributed by atoms with E-state index < -0.39 is 0 Å². The van der Waals surface area contributed by atoms with Crippen molar-refractivity contribution in [3.05, 3.63) is 33.8 Å². The van der Waals surface area contributed by atoms with Crippen LogP contribution in [-0.2, 0) is 6.42 Å². The fourth-order valence-electron chi connectivity index (χ4n) is 4.29. The van der Waals surface area contributed by atoms with E-state index in [1.54, 1.807) is 0 Å². The SMILES string of the molecule is CNC(Cc1ccc(Cl)cc1Cl)CC1CC2CCC1C2. The van der Waals surface area contributed by atoms with E-state index >= 15 is 0 Å². The third kappa shape index (κ3) is 3.16. The Morgan fingerprint density at radius 1 is 1.25 bits per heavy atom. The van der Waals surface area contributed by atoms with Gasteiger partial charge in [0, 0.05) is 16.1 Å². The van der Waals surface area contributed by atoms with Crippen molar-refractivity contribution in [2.45, 2.75) is 44.6 Å². The molecule has 1 nitrogen and oxygen atoms in total. The van der Waals surface area contributed by atoms with E-state index in [0.717, 1.165) is 29.2 Å². The molecular weight excluding hydrogens is 289 g/mol. The minimum absolute atomic E-state index is 0.526. The Morgan fingerprint density at radius 3 is 2.70 bits per heavy atom. The highest BCUT2D eigenvalue weighted by molar-refractivity contribution is 6.35. The van der Waals surface area contributed by atoms with Crippen LogP contribution in [0.1, 0.15) is 37.7 Å². The van der Waals surface area contributed by atoms with Crippen molar-refractivity contribution in [3.8, 4) is 0 Å². The van der Waals surface area contributed by atoms with Crippen LogP contribution in [0.15, 0.2) is 18.2 Å².